The van der Waals surface area contributed by atoms with Crippen molar-refractivity contribution in [2.75, 3.05) is 13.2 Å². The monoisotopic (exact) mass is 239 g/mol. The first-order valence-corrected chi connectivity index (χ1v) is 6.68. The third-order valence-electron chi connectivity index (χ3n) is 3.99. The maximum absolute atomic E-state index is 12.2. The van der Waals surface area contributed by atoms with Crippen molar-refractivity contribution in [2.45, 2.75) is 57.4 Å². The van der Waals surface area contributed by atoms with Gasteiger partial charge >= 0.3 is 6.09 Å². The normalized spacial score (nSPS) is 23.8. The Hall–Kier alpha value is -1.06. The van der Waals surface area contributed by atoms with Crippen LogP contribution < -0.4 is 0 Å². The van der Waals surface area contributed by atoms with Gasteiger partial charge in [-0.1, -0.05) is 19.3 Å². The maximum atomic E-state index is 12.2. The van der Waals surface area contributed by atoms with E-state index < -0.39 is 5.54 Å². The van der Waals surface area contributed by atoms with Gasteiger partial charge in [0.2, 0.25) is 0 Å². The van der Waals surface area contributed by atoms with E-state index in [4.69, 9.17) is 4.74 Å². The van der Waals surface area contributed by atoms with Crippen molar-refractivity contribution in [3.05, 3.63) is 0 Å². The lowest BCUT2D eigenvalue weighted by Gasteiger charge is -2.47. The lowest BCUT2D eigenvalue weighted by Crippen LogP contribution is -2.60. The molecule has 17 heavy (non-hydrogen) atoms. The van der Waals surface area contributed by atoms with E-state index in [9.17, 15) is 9.59 Å². The lowest BCUT2D eigenvalue weighted by molar-refractivity contribution is -0.136. The molecule has 1 saturated heterocycles. The van der Waals surface area contributed by atoms with Gasteiger partial charge in [-0.25, -0.2) is 4.79 Å². The number of hydrogen-bond donors (Lipinski definition) is 0. The average Bonchev–Trinajstić information content (AvgIpc) is 2.34. The zero-order valence-electron chi connectivity index (χ0n) is 10.5. The first kappa shape index (κ1) is 12.4. The second-order valence-electron chi connectivity index (χ2n) is 4.97. The minimum absolute atomic E-state index is 0.247. The number of carbonyl (C=O) groups is 2. The summed E-state index contributed by atoms with van der Waals surface area (Å²) in [5, 5.41) is 0. The number of rotatable bonds is 1. The van der Waals surface area contributed by atoms with Crippen LogP contribution in [0.4, 0.5) is 4.79 Å². The maximum Gasteiger partial charge on any atom is 0.410 e. The highest BCUT2D eigenvalue weighted by atomic mass is 16.6. The Kier molecular flexibility index (Phi) is 3.69. The molecule has 0 atom stereocenters. The summed E-state index contributed by atoms with van der Waals surface area (Å²) in [6, 6.07) is 0. The highest BCUT2D eigenvalue weighted by Crippen LogP contribution is 2.38. The van der Waals surface area contributed by atoms with Crippen LogP contribution in [-0.4, -0.2) is 35.5 Å². The SMILES string of the molecule is CCOC(=O)N1CCCC(=O)C12CCCCC2. The van der Waals surface area contributed by atoms with Crippen molar-refractivity contribution < 1.29 is 14.3 Å². The first-order valence-electron chi connectivity index (χ1n) is 6.68. The summed E-state index contributed by atoms with van der Waals surface area (Å²) in [7, 11) is 0. The van der Waals surface area contributed by atoms with E-state index >= 15 is 0 Å². The van der Waals surface area contributed by atoms with Gasteiger partial charge in [0.1, 0.15) is 5.54 Å². The minimum atomic E-state index is -0.525. The molecule has 1 heterocycles. The van der Waals surface area contributed by atoms with E-state index in [0.717, 1.165) is 32.1 Å². The summed E-state index contributed by atoms with van der Waals surface area (Å²) in [6.07, 6.45) is 6.00. The first-order chi connectivity index (χ1) is 8.20. The highest BCUT2D eigenvalue weighted by molar-refractivity contribution is 5.92. The molecule has 1 aliphatic carbocycles. The van der Waals surface area contributed by atoms with Crippen LogP contribution in [0.1, 0.15) is 51.9 Å². The molecule has 0 aromatic heterocycles. The fourth-order valence-electron chi connectivity index (χ4n) is 3.15. The molecule has 2 fully saturated rings. The predicted molar refractivity (Wildman–Crippen MR) is 63.8 cm³/mol. The van der Waals surface area contributed by atoms with Gasteiger partial charge in [-0.15, -0.1) is 0 Å². The number of nitrogens with zero attached hydrogens (tertiary/aromatic N) is 1. The smallest absolute Gasteiger partial charge is 0.410 e. The Morgan fingerprint density at radius 2 is 2.00 bits per heavy atom. The zero-order chi connectivity index (χ0) is 12.3. The number of ketones is 1. The Balaban J connectivity index is 2.21. The molecule has 1 spiro atoms. The largest absolute Gasteiger partial charge is 0.450 e. The standard InChI is InChI=1S/C13H21NO3/c1-2-17-12(16)14-10-6-7-11(15)13(14)8-4-3-5-9-13/h2-10H2,1H3. The van der Waals surface area contributed by atoms with Crippen molar-refractivity contribution >= 4 is 11.9 Å². The van der Waals surface area contributed by atoms with Gasteiger partial charge in [-0.05, 0) is 26.2 Å². The summed E-state index contributed by atoms with van der Waals surface area (Å²) in [5.41, 5.74) is -0.525. The summed E-state index contributed by atoms with van der Waals surface area (Å²) >= 11 is 0. The molecule has 96 valence electrons. The number of ether oxygens (including phenoxy) is 1. The topological polar surface area (TPSA) is 46.6 Å². The molecule has 0 aromatic rings. The third-order valence-corrected chi connectivity index (χ3v) is 3.99. The number of hydrogen-bond acceptors (Lipinski definition) is 3. The summed E-state index contributed by atoms with van der Waals surface area (Å²) in [5.74, 6) is 0.247. The van der Waals surface area contributed by atoms with Crippen LogP contribution >= 0.6 is 0 Å². The van der Waals surface area contributed by atoms with Gasteiger partial charge in [-0.2, -0.15) is 0 Å². The molecule has 0 aromatic carbocycles. The van der Waals surface area contributed by atoms with E-state index in [1.54, 1.807) is 11.8 Å². The third kappa shape index (κ3) is 2.17. The minimum Gasteiger partial charge on any atom is -0.450 e. The average molecular weight is 239 g/mol. The Bertz CT molecular complexity index is 308. The highest BCUT2D eigenvalue weighted by Gasteiger charge is 2.48. The molecule has 0 N–H and O–H groups in total. The fourth-order valence-corrected chi connectivity index (χ4v) is 3.15. The Morgan fingerprint density at radius 3 is 2.65 bits per heavy atom. The van der Waals surface area contributed by atoms with Crippen LogP contribution in [0.3, 0.4) is 0 Å². The quantitative estimate of drug-likeness (QED) is 0.706. The molecular weight excluding hydrogens is 218 g/mol. The fraction of sp³-hybridized carbons (Fsp3) is 0.846. The van der Waals surface area contributed by atoms with Gasteiger partial charge in [0.05, 0.1) is 6.61 Å². The second-order valence-corrected chi connectivity index (χ2v) is 4.97. The van der Waals surface area contributed by atoms with E-state index in [2.05, 4.69) is 0 Å². The van der Waals surface area contributed by atoms with Crippen LogP contribution in [0.2, 0.25) is 0 Å². The molecule has 0 radical (unpaired) electrons. The molecule has 2 rings (SSSR count). The van der Waals surface area contributed by atoms with Crippen LogP contribution in [0.15, 0.2) is 0 Å². The predicted octanol–water partition coefficient (Wildman–Crippen LogP) is 2.51. The lowest BCUT2D eigenvalue weighted by atomic mass is 9.74. The van der Waals surface area contributed by atoms with Crippen LogP contribution in [0.25, 0.3) is 0 Å². The Labute approximate surface area is 102 Å². The van der Waals surface area contributed by atoms with Gasteiger partial charge in [-0.3, -0.25) is 9.69 Å². The number of Topliss-reactive ketones (excluding diaryl/α,β-unsaturated/α-hetero) is 1. The molecule has 1 aliphatic heterocycles. The molecular formula is C13H21NO3. The van der Waals surface area contributed by atoms with Crippen LogP contribution in [-0.2, 0) is 9.53 Å². The summed E-state index contributed by atoms with van der Waals surface area (Å²) in [4.78, 5) is 25.9. The van der Waals surface area contributed by atoms with Crippen molar-refractivity contribution in [3.8, 4) is 0 Å². The number of piperidine rings is 1. The summed E-state index contributed by atoms with van der Waals surface area (Å²) < 4.78 is 5.09. The van der Waals surface area contributed by atoms with Gasteiger partial charge in [0.25, 0.3) is 0 Å². The van der Waals surface area contributed by atoms with E-state index in [1.165, 1.54) is 6.42 Å². The molecule has 0 bridgehead atoms. The molecule has 1 amide bonds. The van der Waals surface area contributed by atoms with Crippen molar-refractivity contribution in [1.29, 1.82) is 0 Å². The summed E-state index contributed by atoms with van der Waals surface area (Å²) in [6.45, 7) is 2.85. The van der Waals surface area contributed by atoms with E-state index in [0.29, 0.717) is 19.6 Å². The van der Waals surface area contributed by atoms with E-state index in [-0.39, 0.29) is 11.9 Å². The molecule has 2 aliphatic rings. The second kappa shape index (κ2) is 5.07. The zero-order valence-corrected chi connectivity index (χ0v) is 10.5. The number of likely N-dealkylation sites (tertiary alicyclic amines) is 1. The molecule has 4 heteroatoms. The van der Waals surface area contributed by atoms with Crippen molar-refractivity contribution in [3.63, 3.8) is 0 Å². The van der Waals surface area contributed by atoms with Crippen molar-refractivity contribution in [2.24, 2.45) is 0 Å². The Morgan fingerprint density at radius 1 is 1.29 bits per heavy atom. The van der Waals surface area contributed by atoms with Gasteiger partial charge in [0, 0.05) is 13.0 Å². The molecule has 4 nitrogen and oxygen atoms in total. The van der Waals surface area contributed by atoms with Crippen molar-refractivity contribution in [1.82, 2.24) is 4.90 Å². The number of amides is 1. The van der Waals surface area contributed by atoms with Gasteiger partial charge < -0.3 is 4.74 Å². The number of carbonyl (C=O) groups excluding carboxylic acids is 2. The molecule has 0 unspecified atom stereocenters. The molecule has 1 saturated carbocycles. The van der Waals surface area contributed by atoms with Crippen LogP contribution in [0, 0.1) is 0 Å². The van der Waals surface area contributed by atoms with Gasteiger partial charge in [0.15, 0.2) is 5.78 Å². The van der Waals surface area contributed by atoms with E-state index in [1.807, 2.05) is 0 Å². The van der Waals surface area contributed by atoms with Crippen LogP contribution in [0.5, 0.6) is 0 Å².